The van der Waals surface area contributed by atoms with Gasteiger partial charge in [0.25, 0.3) is 11.8 Å². The normalized spacial score (nSPS) is 14.7. The number of rotatable bonds is 6. The molecule has 1 N–H and O–H groups in total. The summed E-state index contributed by atoms with van der Waals surface area (Å²) in [7, 11) is 0. The van der Waals surface area contributed by atoms with Crippen molar-refractivity contribution in [2.24, 2.45) is 0 Å². The molecule has 3 aromatic carbocycles. The number of thiocarbonyl (C=S) groups is 1. The third-order valence-electron chi connectivity index (χ3n) is 5.71. The molecule has 180 valence electrons. The third-order valence-corrected chi connectivity index (χ3v) is 6.61. The number of carbonyl (C=O) groups excluding carboxylic acids is 2. The molecule has 0 aliphatic carbocycles. The van der Waals surface area contributed by atoms with E-state index in [1.54, 1.807) is 30.3 Å². The smallest absolute Gasteiger partial charge is 0.270 e. The Hall–Kier alpha value is -3.80. The molecule has 0 aromatic heterocycles. The van der Waals surface area contributed by atoms with Crippen LogP contribution in [-0.4, -0.2) is 16.9 Å². The minimum atomic E-state index is -0.551. The van der Waals surface area contributed by atoms with Crippen molar-refractivity contribution in [2.45, 2.75) is 26.4 Å². The molecule has 0 atom stereocenters. The van der Waals surface area contributed by atoms with Crippen LogP contribution in [-0.2, 0) is 16.2 Å². The van der Waals surface area contributed by atoms with Crippen LogP contribution in [0.15, 0.2) is 76.8 Å². The van der Waals surface area contributed by atoms with E-state index >= 15 is 0 Å². The van der Waals surface area contributed by atoms with Gasteiger partial charge >= 0.3 is 0 Å². The fraction of sp³-hybridized carbons (Fsp3) is 0.143. The van der Waals surface area contributed by atoms with Crippen molar-refractivity contribution in [1.29, 1.82) is 5.26 Å². The molecule has 2 amide bonds. The fourth-order valence-corrected chi connectivity index (χ4v) is 4.49. The molecule has 0 radical (unpaired) electrons. The summed E-state index contributed by atoms with van der Waals surface area (Å²) in [5.74, 6) is -0.128. The number of nitrogens with zero attached hydrogens (tertiary/aromatic N) is 2. The Labute approximate surface area is 223 Å². The first-order valence-electron chi connectivity index (χ1n) is 11.2. The number of halogens is 1. The van der Waals surface area contributed by atoms with E-state index in [1.165, 1.54) is 11.0 Å². The summed E-state index contributed by atoms with van der Waals surface area (Å²) in [5.41, 5.74) is 3.66. The number of nitrogens with one attached hydrogen (secondary N) is 1. The molecular weight excluding hydrogens is 538 g/mol. The van der Waals surface area contributed by atoms with Gasteiger partial charge in [0.1, 0.15) is 17.9 Å². The summed E-state index contributed by atoms with van der Waals surface area (Å²) in [5, 5.41) is 11.9. The summed E-state index contributed by atoms with van der Waals surface area (Å²) in [4.78, 5) is 27.2. The summed E-state index contributed by atoms with van der Waals surface area (Å²) in [6.07, 6.45) is 1.52. The second kappa shape index (κ2) is 10.9. The van der Waals surface area contributed by atoms with Gasteiger partial charge in [0, 0.05) is 5.56 Å². The Morgan fingerprint density at radius 2 is 1.83 bits per heavy atom. The van der Waals surface area contributed by atoms with Crippen molar-refractivity contribution in [2.75, 3.05) is 4.90 Å². The van der Waals surface area contributed by atoms with Gasteiger partial charge in [-0.25, -0.2) is 0 Å². The number of benzene rings is 3. The van der Waals surface area contributed by atoms with E-state index in [9.17, 15) is 14.9 Å². The number of hydrogen-bond donors (Lipinski definition) is 1. The van der Waals surface area contributed by atoms with Crippen LogP contribution >= 0.6 is 28.1 Å². The Morgan fingerprint density at radius 3 is 2.50 bits per heavy atom. The predicted octanol–water partition coefficient (Wildman–Crippen LogP) is 5.85. The second-order valence-electron chi connectivity index (χ2n) is 8.45. The van der Waals surface area contributed by atoms with Gasteiger partial charge in [-0.3, -0.25) is 19.8 Å². The van der Waals surface area contributed by atoms with Crippen molar-refractivity contribution in [3.8, 4) is 11.8 Å². The van der Waals surface area contributed by atoms with E-state index < -0.39 is 11.8 Å². The molecule has 1 fully saturated rings. The van der Waals surface area contributed by atoms with Crippen LogP contribution in [0.1, 0.15) is 42.0 Å². The second-order valence-corrected chi connectivity index (χ2v) is 9.69. The molecule has 4 rings (SSSR count). The number of hydrogen-bond acceptors (Lipinski definition) is 5. The van der Waals surface area contributed by atoms with Crippen molar-refractivity contribution in [1.82, 2.24) is 5.32 Å². The van der Waals surface area contributed by atoms with Crippen molar-refractivity contribution >= 4 is 56.8 Å². The molecule has 1 saturated heterocycles. The lowest BCUT2D eigenvalue weighted by Crippen LogP contribution is -2.54. The van der Waals surface area contributed by atoms with Crippen LogP contribution < -0.4 is 15.0 Å². The average molecular weight is 560 g/mol. The zero-order chi connectivity index (χ0) is 25.8. The van der Waals surface area contributed by atoms with Gasteiger partial charge in [0.15, 0.2) is 5.11 Å². The van der Waals surface area contributed by atoms with Crippen LogP contribution in [0.2, 0.25) is 0 Å². The van der Waals surface area contributed by atoms with Gasteiger partial charge in [0.05, 0.1) is 21.8 Å². The molecule has 1 aliphatic rings. The first-order chi connectivity index (χ1) is 17.3. The number of anilines is 1. The minimum Gasteiger partial charge on any atom is -0.488 e. The molecule has 0 unspecified atom stereocenters. The average Bonchev–Trinajstić information content (AvgIpc) is 2.86. The highest BCUT2D eigenvalue weighted by Crippen LogP contribution is 2.29. The molecule has 8 heteroatoms. The van der Waals surface area contributed by atoms with E-state index in [0.29, 0.717) is 33.0 Å². The summed E-state index contributed by atoms with van der Waals surface area (Å²) in [6.45, 7) is 4.41. The van der Waals surface area contributed by atoms with E-state index in [2.05, 4.69) is 41.2 Å². The van der Waals surface area contributed by atoms with Crippen LogP contribution in [0, 0.1) is 11.3 Å². The molecule has 0 spiro atoms. The number of carbonyl (C=O) groups is 2. The molecule has 1 heterocycles. The van der Waals surface area contributed by atoms with Crippen molar-refractivity contribution in [3.63, 3.8) is 0 Å². The maximum absolute atomic E-state index is 13.3. The van der Waals surface area contributed by atoms with E-state index in [0.717, 1.165) is 11.1 Å². The first-order valence-corrected chi connectivity index (χ1v) is 12.4. The Balaban J connectivity index is 1.56. The molecule has 3 aromatic rings. The quantitative estimate of drug-likeness (QED) is 0.232. The lowest BCUT2D eigenvalue weighted by molar-refractivity contribution is -0.122. The summed E-state index contributed by atoms with van der Waals surface area (Å²) < 4.78 is 6.52. The Morgan fingerprint density at radius 1 is 1.11 bits per heavy atom. The van der Waals surface area contributed by atoms with Crippen LogP contribution in [0.25, 0.3) is 6.08 Å². The molecule has 0 bridgehead atoms. The largest absolute Gasteiger partial charge is 0.488 e. The zero-order valence-corrected chi connectivity index (χ0v) is 22.0. The molecular formula is C28H22BrN3O3S. The molecule has 0 saturated carbocycles. The summed E-state index contributed by atoms with van der Waals surface area (Å²) >= 11 is 8.78. The van der Waals surface area contributed by atoms with Gasteiger partial charge < -0.3 is 4.74 Å². The highest BCUT2D eigenvalue weighted by Gasteiger charge is 2.34. The lowest BCUT2D eigenvalue weighted by Gasteiger charge is -2.29. The van der Waals surface area contributed by atoms with Gasteiger partial charge in [0.2, 0.25) is 0 Å². The topological polar surface area (TPSA) is 82.4 Å². The maximum Gasteiger partial charge on any atom is 0.270 e. The molecule has 1 aliphatic heterocycles. The van der Waals surface area contributed by atoms with Crippen molar-refractivity contribution < 1.29 is 14.3 Å². The number of amides is 2. The number of nitriles is 1. The van der Waals surface area contributed by atoms with Crippen molar-refractivity contribution in [3.05, 3.63) is 99.0 Å². The first kappa shape index (κ1) is 25.3. The van der Waals surface area contributed by atoms with E-state index in [4.69, 9.17) is 17.0 Å². The fourth-order valence-electron chi connectivity index (χ4n) is 3.70. The Bertz CT molecular complexity index is 1420. The maximum atomic E-state index is 13.3. The highest BCUT2D eigenvalue weighted by molar-refractivity contribution is 9.10. The summed E-state index contributed by atoms with van der Waals surface area (Å²) in [6, 6.07) is 22.2. The van der Waals surface area contributed by atoms with Gasteiger partial charge in [-0.15, -0.1) is 0 Å². The highest BCUT2D eigenvalue weighted by atomic mass is 79.9. The molecule has 6 nitrogen and oxygen atoms in total. The van der Waals surface area contributed by atoms with Crippen LogP contribution in [0.3, 0.4) is 0 Å². The van der Waals surface area contributed by atoms with Gasteiger partial charge in [-0.05, 0) is 81.6 Å². The number of ether oxygens (including phenoxy) is 1. The predicted molar refractivity (Wildman–Crippen MR) is 146 cm³/mol. The standard InChI is InChI=1S/C28H22BrN3O3S/c1-17(2)19-8-10-22(11-9-19)32-27(34)23(26(33)31-28(32)36)13-18-7-12-25(24(29)14-18)35-16-21-6-4-3-5-20(21)15-30/h3-14,17H,16H2,1-2H3,(H,31,33,36)/b23-13+. The minimum absolute atomic E-state index is 0.0277. The van der Waals surface area contributed by atoms with Crippen LogP contribution in [0.4, 0.5) is 5.69 Å². The van der Waals surface area contributed by atoms with E-state index in [1.807, 2.05) is 36.4 Å². The third kappa shape index (κ3) is 5.38. The zero-order valence-electron chi connectivity index (χ0n) is 19.6. The monoisotopic (exact) mass is 559 g/mol. The van der Waals surface area contributed by atoms with Gasteiger partial charge in [-0.1, -0.05) is 50.2 Å². The lowest BCUT2D eigenvalue weighted by atomic mass is 10.0. The Kier molecular flexibility index (Phi) is 7.63. The van der Waals surface area contributed by atoms with Crippen LogP contribution in [0.5, 0.6) is 5.75 Å². The SMILES string of the molecule is CC(C)c1ccc(N2C(=O)/C(=C/c3ccc(OCc4ccccc4C#N)c(Br)c3)C(=O)NC2=S)cc1. The van der Waals surface area contributed by atoms with E-state index in [-0.39, 0.29) is 17.3 Å². The van der Waals surface area contributed by atoms with Gasteiger partial charge in [-0.2, -0.15) is 5.26 Å². The molecule has 36 heavy (non-hydrogen) atoms.